The number of hydrogen-bond acceptors (Lipinski definition) is 3. The summed E-state index contributed by atoms with van der Waals surface area (Å²) in [5.41, 5.74) is 1.97. The van der Waals surface area contributed by atoms with E-state index >= 15 is 0 Å². The number of rotatable bonds is 5. The second-order valence-corrected chi connectivity index (χ2v) is 6.93. The van der Waals surface area contributed by atoms with Crippen molar-refractivity contribution in [2.45, 2.75) is 19.4 Å². The third-order valence-electron chi connectivity index (χ3n) is 4.44. The quantitative estimate of drug-likeness (QED) is 0.484. The Bertz CT molecular complexity index is 945. The smallest absolute Gasteiger partial charge is 0.261 e. The molecule has 0 fully saturated rings. The van der Waals surface area contributed by atoms with E-state index in [4.69, 9.17) is 0 Å². The Kier molecular flexibility index (Phi) is 4.13. The molecule has 0 saturated carbocycles. The van der Waals surface area contributed by atoms with Crippen molar-refractivity contribution in [2.24, 2.45) is 0 Å². The first-order chi connectivity index (χ1) is 12.1. The summed E-state index contributed by atoms with van der Waals surface area (Å²) in [6, 6.07) is 12.9. The van der Waals surface area contributed by atoms with Crippen LogP contribution in [-0.4, -0.2) is 33.0 Å². The number of benzene rings is 2. The average Bonchev–Trinajstić information content (AvgIpc) is 3.14. The third-order valence-corrected chi connectivity index (χ3v) is 5.13. The fraction of sp³-hybridized carbons (Fsp3) is 0.211. The van der Waals surface area contributed by atoms with Crippen LogP contribution >= 0.6 is 15.9 Å². The van der Waals surface area contributed by atoms with Crippen molar-refractivity contribution in [1.82, 2.24) is 14.7 Å². The number of fused-ring (bicyclic) bond motifs is 2. The molecule has 126 valence electrons. The van der Waals surface area contributed by atoms with Crippen molar-refractivity contribution in [1.29, 1.82) is 0 Å². The fourth-order valence-corrected chi connectivity index (χ4v) is 3.62. The van der Waals surface area contributed by atoms with E-state index in [-0.39, 0.29) is 11.8 Å². The van der Waals surface area contributed by atoms with Crippen LogP contribution in [0.2, 0.25) is 0 Å². The lowest BCUT2D eigenvalue weighted by Gasteiger charge is -2.13. The Morgan fingerprint density at radius 2 is 1.56 bits per heavy atom. The van der Waals surface area contributed by atoms with Gasteiger partial charge in [0, 0.05) is 29.1 Å². The summed E-state index contributed by atoms with van der Waals surface area (Å²) in [4.78, 5) is 26.0. The third kappa shape index (κ3) is 2.87. The van der Waals surface area contributed by atoms with Crippen LogP contribution in [0.1, 0.15) is 33.6 Å². The zero-order valence-electron chi connectivity index (χ0n) is 13.5. The second-order valence-electron chi connectivity index (χ2n) is 6.08. The predicted octanol–water partition coefficient (Wildman–Crippen LogP) is 3.88. The van der Waals surface area contributed by atoms with E-state index in [1.54, 1.807) is 24.3 Å². The Hall–Kier alpha value is -2.47. The molecule has 0 aliphatic carbocycles. The van der Waals surface area contributed by atoms with Crippen LogP contribution in [0.4, 0.5) is 0 Å². The minimum Gasteiger partial charge on any atom is -0.274 e. The molecule has 2 heterocycles. The van der Waals surface area contributed by atoms with E-state index in [0.29, 0.717) is 17.7 Å². The zero-order chi connectivity index (χ0) is 17.4. The molecule has 0 saturated heterocycles. The SMILES string of the molecule is O=C1c2ccccc2C(=O)N1CCCCn1cc2c(Br)cccc2n1. The van der Waals surface area contributed by atoms with Gasteiger partial charge in [-0.05, 0) is 37.1 Å². The molecule has 1 aromatic heterocycles. The molecule has 5 nitrogen and oxygen atoms in total. The lowest BCUT2D eigenvalue weighted by Crippen LogP contribution is -2.30. The van der Waals surface area contributed by atoms with Gasteiger partial charge in [-0.25, -0.2) is 0 Å². The number of aryl methyl sites for hydroxylation is 1. The van der Waals surface area contributed by atoms with Crippen LogP contribution < -0.4 is 0 Å². The molecule has 0 unspecified atom stereocenters. The van der Waals surface area contributed by atoms with Gasteiger partial charge >= 0.3 is 0 Å². The summed E-state index contributed by atoms with van der Waals surface area (Å²) in [5, 5.41) is 5.63. The van der Waals surface area contributed by atoms with Gasteiger partial charge in [-0.2, -0.15) is 5.10 Å². The Balaban J connectivity index is 1.36. The minimum absolute atomic E-state index is 0.186. The van der Waals surface area contributed by atoms with Gasteiger partial charge in [-0.15, -0.1) is 0 Å². The number of carbonyl (C=O) groups excluding carboxylic acids is 2. The second kappa shape index (κ2) is 6.44. The summed E-state index contributed by atoms with van der Waals surface area (Å²) in [6.07, 6.45) is 3.61. The van der Waals surface area contributed by atoms with Crippen LogP contribution in [0.5, 0.6) is 0 Å². The minimum atomic E-state index is -0.186. The standard InChI is InChI=1S/C19H16BrN3O2/c20-16-8-5-9-17-15(16)12-22(21-17)10-3-4-11-23-18(24)13-6-1-2-7-14(13)19(23)25/h1-2,5-9,12H,3-4,10-11H2. The largest absolute Gasteiger partial charge is 0.274 e. The van der Waals surface area contributed by atoms with Gasteiger partial charge in [0.2, 0.25) is 0 Å². The van der Waals surface area contributed by atoms with E-state index in [1.165, 1.54) is 4.90 Å². The first-order valence-electron chi connectivity index (χ1n) is 8.22. The zero-order valence-corrected chi connectivity index (χ0v) is 15.1. The summed E-state index contributed by atoms with van der Waals surface area (Å²) >= 11 is 3.53. The van der Waals surface area contributed by atoms with E-state index in [2.05, 4.69) is 21.0 Å². The Morgan fingerprint density at radius 3 is 2.24 bits per heavy atom. The maximum Gasteiger partial charge on any atom is 0.261 e. The van der Waals surface area contributed by atoms with Gasteiger partial charge in [0.1, 0.15) is 0 Å². The summed E-state index contributed by atoms with van der Waals surface area (Å²) < 4.78 is 2.94. The van der Waals surface area contributed by atoms with Crippen molar-refractivity contribution in [3.8, 4) is 0 Å². The van der Waals surface area contributed by atoms with E-state index in [9.17, 15) is 9.59 Å². The van der Waals surface area contributed by atoms with Gasteiger partial charge in [-0.1, -0.05) is 34.1 Å². The molecule has 25 heavy (non-hydrogen) atoms. The van der Waals surface area contributed by atoms with Crippen molar-refractivity contribution < 1.29 is 9.59 Å². The highest BCUT2D eigenvalue weighted by Crippen LogP contribution is 2.24. The highest BCUT2D eigenvalue weighted by molar-refractivity contribution is 9.10. The van der Waals surface area contributed by atoms with Crippen LogP contribution in [0, 0.1) is 0 Å². The first kappa shape index (κ1) is 16.0. The number of halogens is 1. The van der Waals surface area contributed by atoms with Crippen molar-refractivity contribution in [3.05, 3.63) is 64.3 Å². The maximum atomic E-state index is 12.3. The van der Waals surface area contributed by atoms with Crippen molar-refractivity contribution in [3.63, 3.8) is 0 Å². The molecule has 4 rings (SSSR count). The van der Waals surface area contributed by atoms with Gasteiger partial charge in [0.05, 0.1) is 16.6 Å². The van der Waals surface area contributed by atoms with Crippen LogP contribution in [0.3, 0.4) is 0 Å². The van der Waals surface area contributed by atoms with Gasteiger partial charge in [0.15, 0.2) is 0 Å². The monoisotopic (exact) mass is 397 g/mol. The van der Waals surface area contributed by atoms with E-state index in [0.717, 1.165) is 34.8 Å². The molecule has 2 aromatic carbocycles. The van der Waals surface area contributed by atoms with Gasteiger partial charge in [-0.3, -0.25) is 19.2 Å². The van der Waals surface area contributed by atoms with Crippen LogP contribution in [0.15, 0.2) is 53.1 Å². The molecule has 0 bridgehead atoms. The van der Waals surface area contributed by atoms with Gasteiger partial charge in [0.25, 0.3) is 11.8 Å². The van der Waals surface area contributed by atoms with Gasteiger partial charge < -0.3 is 0 Å². The lowest BCUT2D eigenvalue weighted by molar-refractivity contribution is 0.0651. The lowest BCUT2D eigenvalue weighted by atomic mass is 10.1. The fourth-order valence-electron chi connectivity index (χ4n) is 3.16. The van der Waals surface area contributed by atoms with E-state index < -0.39 is 0 Å². The molecule has 6 heteroatoms. The number of aromatic nitrogens is 2. The highest BCUT2D eigenvalue weighted by atomic mass is 79.9. The Morgan fingerprint density at radius 1 is 0.880 bits per heavy atom. The molecular weight excluding hydrogens is 382 g/mol. The first-order valence-corrected chi connectivity index (χ1v) is 9.01. The van der Waals surface area contributed by atoms with Crippen molar-refractivity contribution >= 4 is 38.6 Å². The average molecular weight is 398 g/mol. The van der Waals surface area contributed by atoms with Crippen molar-refractivity contribution in [2.75, 3.05) is 6.54 Å². The van der Waals surface area contributed by atoms with Crippen LogP contribution in [0.25, 0.3) is 10.9 Å². The molecule has 0 radical (unpaired) electrons. The summed E-state index contributed by atoms with van der Waals surface area (Å²) in [5.74, 6) is -0.372. The predicted molar refractivity (Wildman–Crippen MR) is 98.5 cm³/mol. The molecule has 0 atom stereocenters. The summed E-state index contributed by atoms with van der Waals surface area (Å²) in [7, 11) is 0. The molecule has 3 aromatic rings. The number of carbonyl (C=O) groups is 2. The summed E-state index contributed by atoms with van der Waals surface area (Å²) in [6.45, 7) is 1.20. The molecule has 1 aliphatic heterocycles. The molecule has 1 aliphatic rings. The highest BCUT2D eigenvalue weighted by Gasteiger charge is 2.34. The number of amides is 2. The van der Waals surface area contributed by atoms with E-state index in [1.807, 2.05) is 29.1 Å². The Labute approximate surface area is 153 Å². The molecular formula is C19H16BrN3O2. The number of hydrogen-bond donors (Lipinski definition) is 0. The molecule has 0 spiro atoms. The molecule has 2 amide bonds. The number of unbranched alkanes of at least 4 members (excludes halogenated alkanes) is 1. The normalized spacial score (nSPS) is 13.7. The maximum absolute atomic E-state index is 12.3. The number of nitrogens with zero attached hydrogens (tertiary/aromatic N) is 3. The van der Waals surface area contributed by atoms with Crippen LogP contribution in [-0.2, 0) is 6.54 Å². The number of imide groups is 1. The topological polar surface area (TPSA) is 55.2 Å². The molecule has 0 N–H and O–H groups in total.